The van der Waals surface area contributed by atoms with Crippen LogP contribution in [0.3, 0.4) is 0 Å². The molecule has 0 amide bonds. The molecule has 1 aromatic carbocycles. The maximum atomic E-state index is 12.0. The van der Waals surface area contributed by atoms with Gasteiger partial charge in [-0.15, -0.1) is 11.6 Å². The smallest absolute Gasteiger partial charge is 0.208 e. The number of hydrogen-bond donors (Lipinski definition) is 1. The highest BCUT2D eigenvalue weighted by atomic mass is 35.5. The number of halogens is 3. The van der Waals surface area contributed by atoms with Crippen molar-refractivity contribution in [3.05, 3.63) is 28.2 Å². The molecule has 0 saturated heterocycles. The minimum Gasteiger partial charge on any atom is -0.208 e. The van der Waals surface area contributed by atoms with E-state index in [0.29, 0.717) is 17.3 Å². The van der Waals surface area contributed by atoms with Crippen LogP contribution in [0, 0.1) is 0 Å². The normalized spacial score (nSPS) is 13.6. The third kappa shape index (κ3) is 4.59. The highest BCUT2D eigenvalue weighted by Gasteiger charge is 2.18. The van der Waals surface area contributed by atoms with E-state index in [1.165, 1.54) is 18.2 Å². The second kappa shape index (κ2) is 6.96. The van der Waals surface area contributed by atoms with Gasteiger partial charge in [0.2, 0.25) is 10.0 Å². The van der Waals surface area contributed by atoms with Crippen LogP contribution in [0.5, 0.6) is 0 Å². The zero-order chi connectivity index (χ0) is 13.8. The minimum atomic E-state index is -3.57. The van der Waals surface area contributed by atoms with E-state index >= 15 is 0 Å². The van der Waals surface area contributed by atoms with Crippen LogP contribution in [-0.2, 0) is 10.0 Å². The van der Waals surface area contributed by atoms with E-state index in [2.05, 4.69) is 4.72 Å². The molecule has 0 fully saturated rings. The standard InChI is InChI=1S/C11H14Cl3NO2S/c1-8(3-2-6-12)15-18(16,17)9-4-5-10(13)11(14)7-9/h4-5,7-8,15H,2-3,6H2,1H3. The summed E-state index contributed by atoms with van der Waals surface area (Å²) in [5.74, 6) is 0.513. The fraction of sp³-hybridized carbons (Fsp3) is 0.455. The molecule has 0 saturated carbocycles. The summed E-state index contributed by atoms with van der Waals surface area (Å²) >= 11 is 17.1. The van der Waals surface area contributed by atoms with Crippen LogP contribution in [0.25, 0.3) is 0 Å². The lowest BCUT2D eigenvalue weighted by Gasteiger charge is -2.13. The zero-order valence-corrected chi connectivity index (χ0v) is 12.9. The summed E-state index contributed by atoms with van der Waals surface area (Å²) in [5, 5.41) is 0.541. The fourth-order valence-corrected chi connectivity index (χ4v) is 3.24. The highest BCUT2D eigenvalue weighted by molar-refractivity contribution is 7.89. The molecule has 0 aliphatic carbocycles. The first-order valence-corrected chi connectivity index (χ1v) is 8.17. The van der Waals surface area contributed by atoms with Crippen molar-refractivity contribution in [1.82, 2.24) is 4.72 Å². The minimum absolute atomic E-state index is 0.106. The van der Waals surface area contributed by atoms with E-state index < -0.39 is 10.0 Å². The second-order valence-corrected chi connectivity index (χ2v) is 6.84. The molecule has 0 spiro atoms. The number of alkyl halides is 1. The van der Waals surface area contributed by atoms with Crippen molar-refractivity contribution in [3.63, 3.8) is 0 Å². The summed E-state index contributed by atoms with van der Waals surface area (Å²) in [7, 11) is -3.57. The van der Waals surface area contributed by atoms with Crippen LogP contribution in [-0.4, -0.2) is 20.3 Å². The molecule has 1 aromatic rings. The summed E-state index contributed by atoms with van der Waals surface area (Å²) < 4.78 is 26.6. The lowest BCUT2D eigenvalue weighted by Crippen LogP contribution is -2.32. The Labute approximate surface area is 122 Å². The molecule has 1 atom stereocenters. The summed E-state index contributed by atoms with van der Waals surface area (Å²) in [6.45, 7) is 1.79. The highest BCUT2D eigenvalue weighted by Crippen LogP contribution is 2.24. The number of rotatable bonds is 6. The average Bonchev–Trinajstić information content (AvgIpc) is 2.29. The van der Waals surface area contributed by atoms with Gasteiger partial charge in [-0.2, -0.15) is 0 Å². The molecule has 1 rings (SSSR count). The van der Waals surface area contributed by atoms with Crippen LogP contribution in [0.4, 0.5) is 0 Å². The summed E-state index contributed by atoms with van der Waals surface area (Å²) in [6, 6.07) is 4.04. The number of benzene rings is 1. The summed E-state index contributed by atoms with van der Waals surface area (Å²) in [6.07, 6.45) is 1.44. The van der Waals surface area contributed by atoms with Gasteiger partial charge < -0.3 is 0 Å². The third-order valence-corrected chi connectivity index (χ3v) is 4.92. The lowest BCUT2D eigenvalue weighted by molar-refractivity contribution is 0.544. The Balaban J connectivity index is 2.83. The topological polar surface area (TPSA) is 46.2 Å². The van der Waals surface area contributed by atoms with Gasteiger partial charge in [0, 0.05) is 11.9 Å². The number of hydrogen-bond acceptors (Lipinski definition) is 2. The van der Waals surface area contributed by atoms with Gasteiger partial charge in [-0.05, 0) is 38.0 Å². The fourth-order valence-electron chi connectivity index (χ4n) is 1.42. The Morgan fingerprint density at radius 2 is 1.94 bits per heavy atom. The molecule has 1 N–H and O–H groups in total. The van der Waals surface area contributed by atoms with Gasteiger partial charge in [-0.25, -0.2) is 13.1 Å². The Bertz CT molecular complexity index is 505. The van der Waals surface area contributed by atoms with Gasteiger partial charge in [0.05, 0.1) is 14.9 Å². The van der Waals surface area contributed by atoms with Gasteiger partial charge in [0.1, 0.15) is 0 Å². The van der Waals surface area contributed by atoms with E-state index in [4.69, 9.17) is 34.8 Å². The van der Waals surface area contributed by atoms with E-state index in [9.17, 15) is 8.42 Å². The molecular formula is C11H14Cl3NO2S. The first-order valence-electron chi connectivity index (χ1n) is 5.40. The van der Waals surface area contributed by atoms with Crippen LogP contribution in [0.2, 0.25) is 10.0 Å². The lowest BCUT2D eigenvalue weighted by atomic mass is 10.2. The second-order valence-electron chi connectivity index (χ2n) is 3.93. The number of sulfonamides is 1. The maximum absolute atomic E-state index is 12.0. The summed E-state index contributed by atoms with van der Waals surface area (Å²) in [5.41, 5.74) is 0. The maximum Gasteiger partial charge on any atom is 0.240 e. The zero-order valence-electron chi connectivity index (χ0n) is 9.79. The Morgan fingerprint density at radius 1 is 1.28 bits per heavy atom. The van der Waals surface area contributed by atoms with Gasteiger partial charge in [-0.3, -0.25) is 0 Å². The SMILES string of the molecule is CC(CCCCl)NS(=O)(=O)c1ccc(Cl)c(Cl)c1. The van der Waals surface area contributed by atoms with Crippen molar-refractivity contribution in [2.75, 3.05) is 5.88 Å². The van der Waals surface area contributed by atoms with Crippen LogP contribution < -0.4 is 4.72 Å². The van der Waals surface area contributed by atoms with Gasteiger partial charge in [0.25, 0.3) is 0 Å². The largest absolute Gasteiger partial charge is 0.240 e. The first kappa shape index (κ1) is 16.1. The van der Waals surface area contributed by atoms with Crippen molar-refractivity contribution in [2.24, 2.45) is 0 Å². The van der Waals surface area contributed by atoms with Gasteiger partial charge in [-0.1, -0.05) is 23.2 Å². The first-order chi connectivity index (χ1) is 8.36. The van der Waals surface area contributed by atoms with Crippen LogP contribution in [0.15, 0.2) is 23.1 Å². The van der Waals surface area contributed by atoms with Gasteiger partial charge in [0.15, 0.2) is 0 Å². The predicted molar refractivity (Wildman–Crippen MR) is 76.2 cm³/mol. The number of nitrogens with one attached hydrogen (secondary N) is 1. The van der Waals surface area contributed by atoms with Crippen molar-refractivity contribution < 1.29 is 8.42 Å². The molecule has 0 bridgehead atoms. The van der Waals surface area contributed by atoms with Crippen molar-refractivity contribution in [1.29, 1.82) is 0 Å². The van der Waals surface area contributed by atoms with Crippen LogP contribution in [0.1, 0.15) is 19.8 Å². The monoisotopic (exact) mass is 329 g/mol. The Kier molecular flexibility index (Phi) is 6.21. The van der Waals surface area contributed by atoms with Crippen molar-refractivity contribution in [3.8, 4) is 0 Å². The molecule has 18 heavy (non-hydrogen) atoms. The molecule has 3 nitrogen and oxygen atoms in total. The average molecular weight is 331 g/mol. The third-order valence-electron chi connectivity index (χ3n) is 2.33. The molecular weight excluding hydrogens is 317 g/mol. The molecule has 102 valence electrons. The van der Waals surface area contributed by atoms with Crippen molar-refractivity contribution in [2.45, 2.75) is 30.7 Å². The molecule has 7 heteroatoms. The molecule has 0 aliphatic heterocycles. The van der Waals surface area contributed by atoms with Crippen LogP contribution >= 0.6 is 34.8 Å². The predicted octanol–water partition coefficient (Wildman–Crippen LogP) is 3.68. The molecule has 0 aromatic heterocycles. The Hall–Kier alpha value is -0.000000000000000111. The van der Waals surface area contributed by atoms with E-state index in [-0.39, 0.29) is 16.0 Å². The van der Waals surface area contributed by atoms with Gasteiger partial charge >= 0.3 is 0 Å². The molecule has 0 radical (unpaired) electrons. The van der Waals surface area contributed by atoms with Crippen molar-refractivity contribution >= 4 is 44.8 Å². The molecule has 1 unspecified atom stereocenters. The molecule has 0 heterocycles. The quantitative estimate of drug-likeness (QED) is 0.809. The van der Waals surface area contributed by atoms with E-state index in [0.717, 1.165) is 6.42 Å². The van der Waals surface area contributed by atoms with E-state index in [1.54, 1.807) is 6.92 Å². The van der Waals surface area contributed by atoms with E-state index in [1.807, 2.05) is 0 Å². The molecule has 0 aliphatic rings. The summed E-state index contributed by atoms with van der Waals surface area (Å²) in [4.78, 5) is 0.106. The Morgan fingerprint density at radius 3 is 2.50 bits per heavy atom.